The van der Waals surface area contributed by atoms with Gasteiger partial charge in [-0.3, -0.25) is 0 Å². The van der Waals surface area contributed by atoms with Gasteiger partial charge < -0.3 is 11.1 Å². The summed E-state index contributed by atoms with van der Waals surface area (Å²) in [6.07, 6.45) is 0. The van der Waals surface area contributed by atoms with E-state index in [1.165, 1.54) is 6.07 Å². The molecule has 0 radical (unpaired) electrons. The normalized spacial score (nSPS) is 11.4. The van der Waals surface area contributed by atoms with E-state index in [0.717, 1.165) is 6.54 Å². The summed E-state index contributed by atoms with van der Waals surface area (Å²) in [6.45, 7) is 9.54. The summed E-state index contributed by atoms with van der Waals surface area (Å²) in [5, 5.41) is 3.18. The molecule has 0 heterocycles. The predicted octanol–water partition coefficient (Wildman–Crippen LogP) is 3.80. The average Bonchev–Trinajstić information content (AvgIpc) is 2.29. The average molecular weight is 282 g/mol. The molecule has 0 atom stereocenters. The predicted molar refractivity (Wildman–Crippen MR) is 83.9 cm³/mol. The molecule has 1 rings (SSSR count). The van der Waals surface area contributed by atoms with Crippen molar-refractivity contribution in [1.82, 2.24) is 0 Å². The van der Waals surface area contributed by atoms with E-state index < -0.39 is 0 Å². The Hall–Kier alpha value is -1.16. The van der Waals surface area contributed by atoms with Crippen LogP contribution in [0.4, 0.5) is 10.1 Å². The van der Waals surface area contributed by atoms with Gasteiger partial charge in [-0.1, -0.05) is 39.9 Å². The van der Waals surface area contributed by atoms with E-state index in [9.17, 15) is 4.39 Å². The van der Waals surface area contributed by atoms with E-state index in [2.05, 4.69) is 33.0 Å². The standard InChI is InChI=1S/C15H23FN2S/c1-9(2)12(10(3)4)8-18-14-6-5-11(15(17)19)7-13(14)16/h5-7,9-10,12,18H,8H2,1-4H3,(H2,17,19). The summed E-state index contributed by atoms with van der Waals surface area (Å²) >= 11 is 4.83. The maximum Gasteiger partial charge on any atom is 0.146 e. The molecule has 0 aliphatic heterocycles. The van der Waals surface area contributed by atoms with Crippen LogP contribution in [0.5, 0.6) is 0 Å². The minimum atomic E-state index is -0.309. The zero-order valence-electron chi connectivity index (χ0n) is 12.0. The third-order valence-corrected chi connectivity index (χ3v) is 3.73. The fourth-order valence-electron chi connectivity index (χ4n) is 2.28. The molecule has 0 saturated carbocycles. The molecule has 3 N–H and O–H groups in total. The van der Waals surface area contributed by atoms with Crippen molar-refractivity contribution in [1.29, 1.82) is 0 Å². The molecule has 0 aliphatic rings. The second-order valence-corrected chi connectivity index (χ2v) is 6.03. The van der Waals surface area contributed by atoms with Gasteiger partial charge in [0.25, 0.3) is 0 Å². The number of benzene rings is 1. The molecule has 0 bridgehead atoms. The minimum absolute atomic E-state index is 0.215. The summed E-state index contributed by atoms with van der Waals surface area (Å²) in [7, 11) is 0. The molecular weight excluding hydrogens is 259 g/mol. The highest BCUT2D eigenvalue weighted by atomic mass is 32.1. The summed E-state index contributed by atoms with van der Waals surface area (Å²) in [4.78, 5) is 0.215. The summed E-state index contributed by atoms with van der Waals surface area (Å²) in [6, 6.07) is 4.82. The van der Waals surface area contributed by atoms with Gasteiger partial charge in [-0.25, -0.2) is 4.39 Å². The van der Waals surface area contributed by atoms with E-state index >= 15 is 0 Å². The zero-order chi connectivity index (χ0) is 14.6. The van der Waals surface area contributed by atoms with Crippen LogP contribution in [-0.2, 0) is 0 Å². The Balaban J connectivity index is 2.75. The van der Waals surface area contributed by atoms with E-state index in [4.69, 9.17) is 18.0 Å². The number of rotatable bonds is 6. The summed E-state index contributed by atoms with van der Waals surface area (Å²) < 4.78 is 13.9. The molecule has 19 heavy (non-hydrogen) atoms. The van der Waals surface area contributed by atoms with Crippen LogP contribution < -0.4 is 11.1 Å². The fraction of sp³-hybridized carbons (Fsp3) is 0.533. The van der Waals surface area contributed by atoms with Crippen molar-refractivity contribution in [2.24, 2.45) is 23.5 Å². The Morgan fingerprint density at radius 2 is 1.84 bits per heavy atom. The van der Waals surface area contributed by atoms with Crippen molar-refractivity contribution >= 4 is 22.9 Å². The molecule has 106 valence electrons. The van der Waals surface area contributed by atoms with Crippen molar-refractivity contribution in [2.45, 2.75) is 27.7 Å². The van der Waals surface area contributed by atoms with E-state index in [-0.39, 0.29) is 10.8 Å². The van der Waals surface area contributed by atoms with Gasteiger partial charge in [-0.05, 0) is 36.0 Å². The molecule has 0 spiro atoms. The molecule has 1 aromatic carbocycles. The lowest BCUT2D eigenvalue weighted by molar-refractivity contribution is 0.304. The third-order valence-electron chi connectivity index (χ3n) is 3.49. The number of nitrogens with two attached hydrogens (primary N) is 1. The highest BCUT2D eigenvalue weighted by molar-refractivity contribution is 7.80. The van der Waals surface area contributed by atoms with Gasteiger partial charge in [0.2, 0.25) is 0 Å². The lowest BCUT2D eigenvalue weighted by Crippen LogP contribution is -2.25. The second kappa shape index (κ2) is 6.85. The fourth-order valence-corrected chi connectivity index (χ4v) is 2.41. The molecule has 0 fully saturated rings. The Kier molecular flexibility index (Phi) is 5.73. The van der Waals surface area contributed by atoms with Crippen LogP contribution in [0.15, 0.2) is 18.2 Å². The van der Waals surface area contributed by atoms with Crippen LogP contribution in [-0.4, -0.2) is 11.5 Å². The molecule has 1 aromatic rings. The maximum atomic E-state index is 13.9. The van der Waals surface area contributed by atoms with Crippen molar-refractivity contribution in [3.8, 4) is 0 Å². The lowest BCUT2D eigenvalue weighted by Gasteiger charge is -2.25. The van der Waals surface area contributed by atoms with E-state index in [1.807, 2.05) is 0 Å². The molecular formula is C15H23FN2S. The lowest BCUT2D eigenvalue weighted by atomic mass is 9.85. The molecule has 0 amide bonds. The minimum Gasteiger partial charge on any atom is -0.389 e. The van der Waals surface area contributed by atoms with E-state index in [1.54, 1.807) is 12.1 Å². The number of hydrogen-bond acceptors (Lipinski definition) is 2. The first-order valence-corrected chi connectivity index (χ1v) is 7.07. The molecule has 0 saturated heterocycles. The monoisotopic (exact) mass is 282 g/mol. The van der Waals surface area contributed by atoms with Gasteiger partial charge in [0, 0.05) is 12.1 Å². The zero-order valence-corrected chi connectivity index (χ0v) is 12.9. The molecule has 4 heteroatoms. The van der Waals surface area contributed by atoms with Crippen molar-refractivity contribution in [3.63, 3.8) is 0 Å². The molecule has 0 aliphatic carbocycles. The summed E-state index contributed by atoms with van der Waals surface area (Å²) in [5.74, 6) is 1.32. The van der Waals surface area contributed by atoms with Crippen LogP contribution in [0, 0.1) is 23.6 Å². The maximum absolute atomic E-state index is 13.9. The van der Waals surface area contributed by atoms with Crippen molar-refractivity contribution < 1.29 is 4.39 Å². The summed E-state index contributed by atoms with van der Waals surface area (Å²) in [5.41, 5.74) is 6.54. The van der Waals surface area contributed by atoms with Gasteiger partial charge in [-0.15, -0.1) is 0 Å². The number of anilines is 1. The largest absolute Gasteiger partial charge is 0.389 e. The van der Waals surface area contributed by atoms with Gasteiger partial charge in [0.1, 0.15) is 10.8 Å². The van der Waals surface area contributed by atoms with Crippen molar-refractivity contribution in [3.05, 3.63) is 29.6 Å². The number of nitrogens with one attached hydrogen (secondary N) is 1. The van der Waals surface area contributed by atoms with Crippen LogP contribution in [0.1, 0.15) is 33.3 Å². The van der Waals surface area contributed by atoms with Crippen LogP contribution >= 0.6 is 12.2 Å². The Morgan fingerprint density at radius 1 is 1.26 bits per heavy atom. The highest BCUT2D eigenvalue weighted by Gasteiger charge is 2.17. The number of thiocarbonyl (C=S) groups is 1. The third kappa shape index (κ3) is 4.46. The van der Waals surface area contributed by atoms with Gasteiger partial charge in [-0.2, -0.15) is 0 Å². The van der Waals surface area contributed by atoms with Crippen LogP contribution in [0.25, 0.3) is 0 Å². The van der Waals surface area contributed by atoms with Gasteiger partial charge in [0.05, 0.1) is 5.69 Å². The molecule has 0 aromatic heterocycles. The quantitative estimate of drug-likeness (QED) is 0.779. The van der Waals surface area contributed by atoms with Crippen LogP contribution in [0.2, 0.25) is 0 Å². The SMILES string of the molecule is CC(C)C(CNc1ccc(C(N)=S)cc1F)C(C)C. The van der Waals surface area contributed by atoms with Gasteiger partial charge in [0.15, 0.2) is 0 Å². The molecule has 2 nitrogen and oxygen atoms in total. The topological polar surface area (TPSA) is 38.0 Å². The van der Waals surface area contributed by atoms with Gasteiger partial charge >= 0.3 is 0 Å². The Labute approximate surface area is 120 Å². The number of hydrogen-bond donors (Lipinski definition) is 2. The van der Waals surface area contributed by atoms with E-state index in [0.29, 0.717) is 29.0 Å². The van der Waals surface area contributed by atoms with Crippen molar-refractivity contribution in [2.75, 3.05) is 11.9 Å². The first-order chi connectivity index (χ1) is 8.82. The molecule has 0 unspecified atom stereocenters. The Bertz CT molecular complexity index is 436. The number of halogens is 1. The van der Waals surface area contributed by atoms with Crippen LogP contribution in [0.3, 0.4) is 0 Å². The first kappa shape index (κ1) is 15.9. The first-order valence-electron chi connectivity index (χ1n) is 6.66. The Morgan fingerprint density at radius 3 is 2.26 bits per heavy atom. The highest BCUT2D eigenvalue weighted by Crippen LogP contribution is 2.22. The second-order valence-electron chi connectivity index (χ2n) is 5.59. The smallest absolute Gasteiger partial charge is 0.146 e.